The number of pyridine rings is 1. The van der Waals surface area contributed by atoms with Crippen LogP contribution in [0.25, 0.3) is 0 Å². The van der Waals surface area contributed by atoms with Crippen molar-refractivity contribution in [2.24, 2.45) is 5.92 Å². The molecule has 2 aliphatic heterocycles. The zero-order valence-electron chi connectivity index (χ0n) is 15.1. The van der Waals surface area contributed by atoms with Crippen LogP contribution in [0.2, 0.25) is 0 Å². The molecule has 5 nitrogen and oxygen atoms in total. The van der Waals surface area contributed by atoms with E-state index in [2.05, 4.69) is 39.6 Å². The van der Waals surface area contributed by atoms with Gasteiger partial charge in [-0.25, -0.2) is 0 Å². The number of carbonyl (C=O) groups is 1. The Hall–Kier alpha value is -1.62. The van der Waals surface area contributed by atoms with Crippen LogP contribution in [-0.4, -0.2) is 66.5 Å². The first-order chi connectivity index (χ1) is 11.7. The van der Waals surface area contributed by atoms with Gasteiger partial charge in [0.25, 0.3) is 0 Å². The second kappa shape index (κ2) is 7.97. The van der Waals surface area contributed by atoms with Gasteiger partial charge in [-0.1, -0.05) is 6.92 Å². The van der Waals surface area contributed by atoms with Crippen LogP contribution in [0.1, 0.15) is 31.7 Å². The van der Waals surface area contributed by atoms with Gasteiger partial charge >= 0.3 is 0 Å². The molecule has 0 unspecified atom stereocenters. The van der Waals surface area contributed by atoms with E-state index in [1.165, 1.54) is 24.1 Å². The molecule has 0 spiro atoms. The average Bonchev–Trinajstić information content (AvgIpc) is 2.63. The van der Waals surface area contributed by atoms with Crippen LogP contribution >= 0.6 is 0 Å². The van der Waals surface area contributed by atoms with Crippen molar-refractivity contribution < 1.29 is 4.79 Å². The number of hydrogen-bond acceptors (Lipinski definition) is 4. The third-order valence-electron chi connectivity index (χ3n) is 5.58. The molecule has 0 radical (unpaired) electrons. The normalized spacial score (nSPS) is 20.4. The Labute approximate surface area is 145 Å². The first-order valence-corrected chi connectivity index (χ1v) is 9.33. The van der Waals surface area contributed by atoms with Gasteiger partial charge in [0, 0.05) is 50.7 Å². The third-order valence-corrected chi connectivity index (χ3v) is 5.58. The van der Waals surface area contributed by atoms with E-state index < -0.39 is 0 Å². The molecule has 1 amide bonds. The molecule has 1 aromatic rings. The zero-order chi connectivity index (χ0) is 16.9. The molecule has 132 valence electrons. The summed E-state index contributed by atoms with van der Waals surface area (Å²) in [5.41, 5.74) is 2.46. The predicted molar refractivity (Wildman–Crippen MR) is 97.2 cm³/mol. The summed E-state index contributed by atoms with van der Waals surface area (Å²) in [7, 11) is 0. The summed E-state index contributed by atoms with van der Waals surface area (Å²) in [4.78, 5) is 23.7. The predicted octanol–water partition coefficient (Wildman–Crippen LogP) is 2.16. The molecule has 0 atom stereocenters. The molecule has 0 aliphatic carbocycles. The summed E-state index contributed by atoms with van der Waals surface area (Å²) < 4.78 is 0. The fourth-order valence-electron chi connectivity index (χ4n) is 3.90. The lowest BCUT2D eigenvalue weighted by molar-refractivity contribution is -0.132. The molecule has 1 aromatic heterocycles. The third kappa shape index (κ3) is 4.07. The van der Waals surface area contributed by atoms with Gasteiger partial charge < -0.3 is 14.7 Å². The van der Waals surface area contributed by atoms with Crippen molar-refractivity contribution in [1.29, 1.82) is 0 Å². The minimum absolute atomic E-state index is 0.357. The summed E-state index contributed by atoms with van der Waals surface area (Å²) in [6, 6.07) is 2.08. The highest BCUT2D eigenvalue weighted by molar-refractivity contribution is 5.76. The van der Waals surface area contributed by atoms with Gasteiger partial charge in [0.2, 0.25) is 5.91 Å². The van der Waals surface area contributed by atoms with Crippen molar-refractivity contribution >= 4 is 11.6 Å². The molecule has 24 heavy (non-hydrogen) atoms. The van der Waals surface area contributed by atoms with Gasteiger partial charge in [-0.05, 0) is 56.9 Å². The van der Waals surface area contributed by atoms with Gasteiger partial charge in [-0.2, -0.15) is 0 Å². The second-order valence-electron chi connectivity index (χ2n) is 7.11. The first kappa shape index (κ1) is 17.2. The number of anilines is 1. The number of amides is 1. The van der Waals surface area contributed by atoms with Crippen LogP contribution in [0, 0.1) is 12.8 Å². The maximum atomic E-state index is 12.6. The van der Waals surface area contributed by atoms with Crippen LogP contribution in [0.4, 0.5) is 5.69 Å². The summed E-state index contributed by atoms with van der Waals surface area (Å²) in [5.74, 6) is 0.942. The van der Waals surface area contributed by atoms with Crippen molar-refractivity contribution in [2.75, 3.05) is 50.7 Å². The number of piperidine rings is 1. The molecule has 0 bridgehead atoms. The lowest BCUT2D eigenvalue weighted by Gasteiger charge is -2.38. The van der Waals surface area contributed by atoms with Crippen LogP contribution in [0.5, 0.6) is 0 Å². The van der Waals surface area contributed by atoms with Crippen molar-refractivity contribution in [3.05, 3.63) is 24.0 Å². The van der Waals surface area contributed by atoms with Gasteiger partial charge in [-0.3, -0.25) is 9.78 Å². The Balaban J connectivity index is 1.46. The van der Waals surface area contributed by atoms with Crippen molar-refractivity contribution in [1.82, 2.24) is 14.8 Å². The minimum Gasteiger partial charge on any atom is -0.368 e. The second-order valence-corrected chi connectivity index (χ2v) is 7.11. The summed E-state index contributed by atoms with van der Waals surface area (Å²) in [6.45, 7) is 11.3. The lowest BCUT2D eigenvalue weighted by Crippen LogP contribution is -2.49. The van der Waals surface area contributed by atoms with Gasteiger partial charge in [0.1, 0.15) is 0 Å². The highest BCUT2D eigenvalue weighted by Crippen LogP contribution is 2.23. The summed E-state index contributed by atoms with van der Waals surface area (Å²) >= 11 is 0. The molecule has 2 fully saturated rings. The Morgan fingerprint density at radius 3 is 2.50 bits per heavy atom. The Bertz CT molecular complexity index is 546. The van der Waals surface area contributed by atoms with Gasteiger partial charge in [0.05, 0.1) is 0 Å². The van der Waals surface area contributed by atoms with Crippen LogP contribution in [-0.2, 0) is 4.79 Å². The van der Waals surface area contributed by atoms with Gasteiger partial charge in [0.15, 0.2) is 0 Å². The molecule has 2 aliphatic rings. The van der Waals surface area contributed by atoms with Crippen molar-refractivity contribution in [3.8, 4) is 0 Å². The number of rotatable bonds is 4. The maximum Gasteiger partial charge on any atom is 0.222 e. The molecule has 0 saturated carbocycles. The van der Waals surface area contributed by atoms with Crippen LogP contribution in [0.3, 0.4) is 0 Å². The highest BCUT2D eigenvalue weighted by Gasteiger charge is 2.26. The van der Waals surface area contributed by atoms with Crippen molar-refractivity contribution in [2.45, 2.75) is 33.1 Å². The molecule has 0 N–H and O–H groups in total. The standard InChI is InChI=1S/C19H30N4O/c1-3-21-8-5-17(6-9-21)14-19(24)23-12-10-22(11-13-23)18-4-7-20-15-16(18)2/h4,7,15,17H,3,5-6,8-14H2,1-2H3. The van der Waals surface area contributed by atoms with Crippen molar-refractivity contribution in [3.63, 3.8) is 0 Å². The monoisotopic (exact) mass is 330 g/mol. The van der Waals surface area contributed by atoms with E-state index in [9.17, 15) is 4.79 Å². The number of carbonyl (C=O) groups excluding carboxylic acids is 1. The van der Waals surface area contributed by atoms with Gasteiger partial charge in [-0.15, -0.1) is 0 Å². The quantitative estimate of drug-likeness (QED) is 0.848. The molecular weight excluding hydrogens is 300 g/mol. The highest BCUT2D eigenvalue weighted by atomic mass is 16.2. The Kier molecular flexibility index (Phi) is 5.72. The van der Waals surface area contributed by atoms with E-state index in [0.29, 0.717) is 11.8 Å². The fourth-order valence-corrected chi connectivity index (χ4v) is 3.90. The van der Waals surface area contributed by atoms with Crippen LogP contribution in [0.15, 0.2) is 18.5 Å². The smallest absolute Gasteiger partial charge is 0.222 e. The van der Waals surface area contributed by atoms with E-state index in [0.717, 1.165) is 52.2 Å². The van der Waals surface area contributed by atoms with E-state index >= 15 is 0 Å². The average molecular weight is 330 g/mol. The Morgan fingerprint density at radius 2 is 1.88 bits per heavy atom. The van der Waals surface area contributed by atoms with Crippen LogP contribution < -0.4 is 4.90 Å². The lowest BCUT2D eigenvalue weighted by atomic mass is 9.93. The molecule has 3 rings (SSSR count). The molecule has 2 saturated heterocycles. The number of hydrogen-bond donors (Lipinski definition) is 0. The SMILES string of the molecule is CCN1CCC(CC(=O)N2CCN(c3ccncc3C)CC2)CC1. The fraction of sp³-hybridized carbons (Fsp3) is 0.684. The number of aromatic nitrogens is 1. The molecule has 5 heteroatoms. The van der Waals surface area contributed by atoms with E-state index in [4.69, 9.17) is 0 Å². The minimum atomic E-state index is 0.357. The van der Waals surface area contributed by atoms with E-state index in [1.54, 1.807) is 0 Å². The molecule has 3 heterocycles. The number of nitrogens with zero attached hydrogens (tertiary/aromatic N) is 4. The zero-order valence-corrected chi connectivity index (χ0v) is 15.1. The topological polar surface area (TPSA) is 39.7 Å². The number of piperazine rings is 1. The molecular formula is C19H30N4O. The summed E-state index contributed by atoms with van der Waals surface area (Å²) in [5, 5.41) is 0. The van der Waals surface area contributed by atoms with E-state index in [1.807, 2.05) is 12.4 Å². The Morgan fingerprint density at radius 1 is 1.17 bits per heavy atom. The first-order valence-electron chi connectivity index (χ1n) is 9.33. The maximum absolute atomic E-state index is 12.6. The number of likely N-dealkylation sites (tertiary alicyclic amines) is 1. The largest absolute Gasteiger partial charge is 0.368 e. The molecule has 0 aromatic carbocycles. The van der Waals surface area contributed by atoms with E-state index in [-0.39, 0.29) is 0 Å². The summed E-state index contributed by atoms with van der Waals surface area (Å²) in [6.07, 6.45) is 6.86. The number of aryl methyl sites for hydroxylation is 1.